The lowest BCUT2D eigenvalue weighted by Gasteiger charge is -2.12. The Balaban J connectivity index is 3.09. The molecule has 112 valence electrons. The Morgan fingerprint density at radius 3 is 2.55 bits per heavy atom. The van der Waals surface area contributed by atoms with Crippen molar-refractivity contribution in [3.63, 3.8) is 0 Å². The maximum Gasteiger partial charge on any atom is 0.244 e. The molecule has 8 heteroatoms. The molecule has 2 N–H and O–H groups in total. The topological polar surface area (TPSA) is 93.7 Å². The van der Waals surface area contributed by atoms with E-state index in [1.807, 2.05) is 0 Å². The quantitative estimate of drug-likeness (QED) is 0.719. The number of amides is 1. The summed E-state index contributed by atoms with van der Waals surface area (Å²) in [5.74, 6) is -0.0881. The van der Waals surface area contributed by atoms with Crippen LogP contribution in [0.2, 0.25) is 0 Å². The number of benzene rings is 1. The minimum absolute atomic E-state index is 0.0395. The highest BCUT2D eigenvalue weighted by Crippen LogP contribution is 2.26. The van der Waals surface area contributed by atoms with Crippen LogP contribution in [0.1, 0.15) is 6.92 Å². The highest BCUT2D eigenvalue weighted by atomic mass is 32.2. The van der Waals surface area contributed by atoms with Crippen LogP contribution in [0.25, 0.3) is 0 Å². The van der Waals surface area contributed by atoms with Gasteiger partial charge in [-0.3, -0.25) is 4.79 Å². The predicted octanol–water partition coefficient (Wildman–Crippen LogP) is 0.578. The van der Waals surface area contributed by atoms with E-state index in [-0.39, 0.29) is 29.7 Å². The summed E-state index contributed by atoms with van der Waals surface area (Å²) in [7, 11) is -0.885. The van der Waals surface area contributed by atoms with Gasteiger partial charge in [-0.15, -0.1) is 0 Å². The molecule has 0 spiro atoms. The molecule has 0 radical (unpaired) electrons. The van der Waals surface area contributed by atoms with Gasteiger partial charge in [-0.2, -0.15) is 0 Å². The number of ether oxygens (including phenoxy) is 2. The molecule has 7 nitrogen and oxygen atoms in total. The summed E-state index contributed by atoms with van der Waals surface area (Å²) in [6.45, 7) is 1.74. The Kier molecular flexibility index (Phi) is 5.93. The Bertz CT molecular complexity index is 571. The number of rotatable bonds is 7. The van der Waals surface area contributed by atoms with Crippen LogP contribution < -0.4 is 14.8 Å². The van der Waals surface area contributed by atoms with E-state index in [4.69, 9.17) is 9.47 Å². The summed E-state index contributed by atoms with van der Waals surface area (Å²) in [5.41, 5.74) is 0.380. The highest BCUT2D eigenvalue weighted by Gasteiger charge is 2.19. The Labute approximate surface area is 118 Å². The third kappa shape index (κ3) is 4.48. The van der Waals surface area contributed by atoms with Crippen molar-refractivity contribution in [2.45, 2.75) is 11.8 Å². The Hall–Kier alpha value is -1.64. The van der Waals surface area contributed by atoms with E-state index >= 15 is 0 Å². The Morgan fingerprint density at radius 1 is 1.30 bits per heavy atom. The number of carbonyl (C=O) groups is 1. The third-order valence-electron chi connectivity index (χ3n) is 2.37. The molecule has 0 aliphatic rings. The van der Waals surface area contributed by atoms with E-state index in [9.17, 15) is 13.2 Å². The zero-order valence-electron chi connectivity index (χ0n) is 11.6. The fourth-order valence-corrected chi connectivity index (χ4v) is 2.73. The van der Waals surface area contributed by atoms with Crippen LogP contribution in [0, 0.1) is 0 Å². The van der Waals surface area contributed by atoms with Gasteiger partial charge in [-0.25, -0.2) is 13.1 Å². The normalized spacial score (nSPS) is 11.2. The largest absolute Gasteiger partial charge is 0.495 e. The second-order valence-corrected chi connectivity index (χ2v) is 5.67. The minimum atomic E-state index is -3.74. The lowest BCUT2D eigenvalue weighted by atomic mass is 10.3. The monoisotopic (exact) mass is 302 g/mol. The van der Waals surface area contributed by atoms with Crippen molar-refractivity contribution in [1.82, 2.24) is 4.72 Å². The molecule has 1 rings (SSSR count). The van der Waals surface area contributed by atoms with Gasteiger partial charge in [0.2, 0.25) is 15.9 Å². The molecular weight excluding hydrogens is 284 g/mol. The van der Waals surface area contributed by atoms with E-state index in [1.165, 1.54) is 33.3 Å². The third-order valence-corrected chi connectivity index (χ3v) is 3.85. The van der Waals surface area contributed by atoms with E-state index in [1.54, 1.807) is 6.07 Å². The first kappa shape index (κ1) is 16.4. The van der Waals surface area contributed by atoms with E-state index < -0.39 is 10.0 Å². The van der Waals surface area contributed by atoms with Crippen LogP contribution in [0.4, 0.5) is 5.69 Å². The van der Waals surface area contributed by atoms with Crippen molar-refractivity contribution >= 4 is 21.6 Å². The lowest BCUT2D eigenvalue weighted by molar-refractivity contribution is -0.114. The molecule has 0 saturated carbocycles. The molecule has 0 aliphatic carbocycles. The van der Waals surface area contributed by atoms with E-state index in [0.29, 0.717) is 5.69 Å². The summed E-state index contributed by atoms with van der Waals surface area (Å²) in [6.07, 6.45) is 0. The van der Waals surface area contributed by atoms with Gasteiger partial charge in [0.1, 0.15) is 10.6 Å². The first-order valence-electron chi connectivity index (χ1n) is 5.85. The molecule has 0 bridgehead atoms. The van der Waals surface area contributed by atoms with Crippen LogP contribution in [-0.2, 0) is 19.6 Å². The van der Waals surface area contributed by atoms with Crippen LogP contribution >= 0.6 is 0 Å². The van der Waals surface area contributed by atoms with Gasteiger partial charge < -0.3 is 14.8 Å². The number of hydrogen-bond acceptors (Lipinski definition) is 5. The predicted molar refractivity (Wildman–Crippen MR) is 74.4 cm³/mol. The van der Waals surface area contributed by atoms with E-state index in [2.05, 4.69) is 10.0 Å². The van der Waals surface area contributed by atoms with Gasteiger partial charge in [-0.1, -0.05) is 0 Å². The average Bonchev–Trinajstić information content (AvgIpc) is 2.38. The van der Waals surface area contributed by atoms with Crippen molar-refractivity contribution in [1.29, 1.82) is 0 Å². The van der Waals surface area contributed by atoms with Gasteiger partial charge in [-0.05, 0) is 18.2 Å². The molecular formula is C12H18N2O5S. The molecule has 1 aromatic carbocycles. The van der Waals surface area contributed by atoms with Crippen molar-refractivity contribution in [3.8, 4) is 5.75 Å². The summed E-state index contributed by atoms with van der Waals surface area (Å²) < 4.78 is 36.5. The number of sulfonamides is 1. The summed E-state index contributed by atoms with van der Waals surface area (Å²) >= 11 is 0. The number of carbonyl (C=O) groups excluding carboxylic acids is 1. The van der Waals surface area contributed by atoms with Crippen LogP contribution in [-0.4, -0.2) is 41.7 Å². The number of nitrogens with one attached hydrogen (secondary N) is 2. The highest BCUT2D eigenvalue weighted by molar-refractivity contribution is 7.89. The smallest absolute Gasteiger partial charge is 0.244 e. The molecule has 0 aromatic heterocycles. The van der Waals surface area contributed by atoms with Gasteiger partial charge in [0.15, 0.2) is 0 Å². The number of hydrogen-bond donors (Lipinski definition) is 2. The molecule has 0 heterocycles. The molecule has 0 fully saturated rings. The molecule has 0 saturated heterocycles. The lowest BCUT2D eigenvalue weighted by Crippen LogP contribution is -2.27. The fourth-order valence-electron chi connectivity index (χ4n) is 1.52. The SMILES string of the molecule is COCCNS(=O)(=O)c1cc(NC(C)=O)ccc1OC. The van der Waals surface area contributed by atoms with Gasteiger partial charge in [0.25, 0.3) is 0 Å². The summed E-state index contributed by atoms with van der Waals surface area (Å²) in [6, 6.07) is 4.39. The van der Waals surface area contributed by atoms with Gasteiger partial charge >= 0.3 is 0 Å². The molecule has 20 heavy (non-hydrogen) atoms. The minimum Gasteiger partial charge on any atom is -0.495 e. The van der Waals surface area contributed by atoms with Crippen LogP contribution in [0.15, 0.2) is 23.1 Å². The molecule has 1 amide bonds. The number of anilines is 1. The maximum absolute atomic E-state index is 12.2. The summed E-state index contributed by atoms with van der Waals surface area (Å²) in [4.78, 5) is 11.0. The standard InChI is InChI=1S/C12H18N2O5S/c1-9(15)14-10-4-5-11(19-3)12(8-10)20(16,17)13-6-7-18-2/h4-5,8,13H,6-7H2,1-3H3,(H,14,15). The number of methoxy groups -OCH3 is 2. The first-order chi connectivity index (χ1) is 9.40. The second-order valence-electron chi connectivity index (χ2n) is 3.94. The van der Waals surface area contributed by atoms with Crippen molar-refractivity contribution in [2.75, 3.05) is 32.7 Å². The second kappa shape index (κ2) is 7.22. The van der Waals surface area contributed by atoms with Crippen molar-refractivity contribution in [3.05, 3.63) is 18.2 Å². The zero-order chi connectivity index (χ0) is 15.2. The zero-order valence-corrected chi connectivity index (χ0v) is 12.4. The Morgan fingerprint density at radius 2 is 2.00 bits per heavy atom. The molecule has 0 aliphatic heterocycles. The van der Waals surface area contributed by atoms with Gasteiger partial charge in [0, 0.05) is 26.3 Å². The van der Waals surface area contributed by atoms with Crippen molar-refractivity contribution in [2.24, 2.45) is 0 Å². The van der Waals surface area contributed by atoms with Crippen molar-refractivity contribution < 1.29 is 22.7 Å². The maximum atomic E-state index is 12.2. The van der Waals surface area contributed by atoms with Crippen LogP contribution in [0.5, 0.6) is 5.75 Å². The molecule has 1 aromatic rings. The molecule has 0 unspecified atom stereocenters. The van der Waals surface area contributed by atoms with E-state index in [0.717, 1.165) is 0 Å². The molecule has 0 atom stereocenters. The van der Waals surface area contributed by atoms with Gasteiger partial charge in [0.05, 0.1) is 13.7 Å². The van der Waals surface area contributed by atoms with Crippen LogP contribution in [0.3, 0.4) is 0 Å². The first-order valence-corrected chi connectivity index (χ1v) is 7.33. The summed E-state index contributed by atoms with van der Waals surface area (Å²) in [5, 5.41) is 2.52. The fraction of sp³-hybridized carbons (Fsp3) is 0.417. The average molecular weight is 302 g/mol.